The number of aliphatic hydroxyl groups excluding tert-OH is 1. The molecule has 0 aliphatic heterocycles. The molecule has 4 N–H and O–H groups in total. The number of rotatable bonds is 17. The lowest BCUT2D eigenvalue weighted by molar-refractivity contribution is -0.148. The molecule has 210 valence electrons. The zero-order valence-electron chi connectivity index (χ0n) is 22.5. The van der Waals surface area contributed by atoms with Crippen LogP contribution >= 0.6 is 0 Å². The summed E-state index contributed by atoms with van der Waals surface area (Å²) in [6.07, 6.45) is 2.58. The fourth-order valence-electron chi connectivity index (χ4n) is 3.35. The van der Waals surface area contributed by atoms with Gasteiger partial charge in [-0.05, 0) is 31.2 Å². The average molecular weight is 532 g/mol. The highest BCUT2D eigenvalue weighted by atomic mass is 16.6. The van der Waals surface area contributed by atoms with Gasteiger partial charge in [0.25, 0.3) is 0 Å². The number of carbonyl (C=O) groups excluding carboxylic acids is 4. The van der Waals surface area contributed by atoms with Crippen molar-refractivity contribution in [3.8, 4) is 0 Å². The van der Waals surface area contributed by atoms with Gasteiger partial charge in [-0.2, -0.15) is 0 Å². The topological polar surface area (TPSA) is 143 Å². The molecule has 0 unspecified atom stereocenters. The van der Waals surface area contributed by atoms with Crippen LogP contribution in [0.5, 0.6) is 0 Å². The summed E-state index contributed by atoms with van der Waals surface area (Å²) in [6.45, 7) is 12.4. The van der Waals surface area contributed by atoms with Crippen LogP contribution in [-0.2, 0) is 30.5 Å². The lowest BCUT2D eigenvalue weighted by Crippen LogP contribution is -2.48. The number of esters is 1. The zero-order valence-corrected chi connectivity index (χ0v) is 22.5. The molecule has 0 aliphatic rings. The molecule has 0 radical (unpaired) electrons. The van der Waals surface area contributed by atoms with Crippen molar-refractivity contribution >= 4 is 23.9 Å². The lowest BCUT2D eigenvalue weighted by Gasteiger charge is -2.26. The second kappa shape index (κ2) is 17.7. The highest BCUT2D eigenvalue weighted by molar-refractivity contribution is 5.86. The highest BCUT2D eigenvalue weighted by Gasteiger charge is 2.27. The van der Waals surface area contributed by atoms with Gasteiger partial charge < -0.3 is 30.5 Å². The largest absolute Gasteiger partial charge is 0.462 e. The van der Waals surface area contributed by atoms with E-state index in [2.05, 4.69) is 29.1 Å². The molecule has 1 rings (SSSR count). The van der Waals surface area contributed by atoms with Crippen LogP contribution in [0, 0.1) is 11.8 Å². The van der Waals surface area contributed by atoms with E-state index in [0.717, 1.165) is 5.56 Å². The Bertz CT molecular complexity index is 920. The molecule has 0 aliphatic carbocycles. The first kappa shape index (κ1) is 32.4. The van der Waals surface area contributed by atoms with E-state index in [4.69, 9.17) is 14.6 Å². The summed E-state index contributed by atoms with van der Waals surface area (Å²) >= 11 is 0. The third kappa shape index (κ3) is 12.5. The third-order valence-electron chi connectivity index (χ3n) is 5.66. The van der Waals surface area contributed by atoms with Crippen molar-refractivity contribution in [1.82, 2.24) is 16.0 Å². The maximum atomic E-state index is 12.9. The fourth-order valence-corrected chi connectivity index (χ4v) is 3.35. The monoisotopic (exact) mass is 531 g/mol. The molecule has 4 atom stereocenters. The molecule has 0 heterocycles. The van der Waals surface area contributed by atoms with Crippen molar-refractivity contribution < 1.29 is 33.8 Å². The molecule has 0 aromatic heterocycles. The standard InChI is InChI=1S/C28H41N3O7/c1-6-11-22(15-25(33)29-20(5)16-32)26(34)30-24(19(3)4)18-37-27(35)23(12-7-2)31-28(36)38-17-21-13-9-8-10-14-21/h6-10,13-14,19-20,22-24,32H,1-2,11-12,15-18H2,3-5H3,(H,29,33)(H,30,34)(H,31,36)/t20-,22+,23+,24+/m0/s1. The Hall–Kier alpha value is -3.66. The number of aliphatic hydroxyl groups is 1. The molecule has 10 heteroatoms. The van der Waals surface area contributed by atoms with Gasteiger partial charge in [0, 0.05) is 12.5 Å². The van der Waals surface area contributed by atoms with Gasteiger partial charge in [0.05, 0.1) is 18.6 Å². The summed E-state index contributed by atoms with van der Waals surface area (Å²) in [5, 5.41) is 17.1. The van der Waals surface area contributed by atoms with Crippen LogP contribution in [0.25, 0.3) is 0 Å². The smallest absolute Gasteiger partial charge is 0.408 e. The summed E-state index contributed by atoms with van der Waals surface area (Å²) in [4.78, 5) is 50.1. The number of benzene rings is 1. The third-order valence-corrected chi connectivity index (χ3v) is 5.66. The van der Waals surface area contributed by atoms with E-state index in [1.807, 2.05) is 44.2 Å². The number of hydrogen-bond donors (Lipinski definition) is 4. The summed E-state index contributed by atoms with van der Waals surface area (Å²) in [5.41, 5.74) is 0.802. The Morgan fingerprint density at radius 3 is 2.18 bits per heavy atom. The van der Waals surface area contributed by atoms with Gasteiger partial charge in [0.15, 0.2) is 0 Å². The summed E-state index contributed by atoms with van der Waals surface area (Å²) in [5.74, 6) is -2.21. The van der Waals surface area contributed by atoms with Crippen LogP contribution in [-0.4, -0.2) is 60.3 Å². The first-order chi connectivity index (χ1) is 18.1. The first-order valence-corrected chi connectivity index (χ1v) is 12.7. The number of ether oxygens (including phenoxy) is 2. The Morgan fingerprint density at radius 1 is 0.947 bits per heavy atom. The molecule has 0 bridgehead atoms. The predicted molar refractivity (Wildman–Crippen MR) is 144 cm³/mol. The molecule has 0 saturated carbocycles. The Balaban J connectivity index is 2.70. The van der Waals surface area contributed by atoms with Crippen molar-refractivity contribution in [1.29, 1.82) is 0 Å². The van der Waals surface area contributed by atoms with E-state index < -0.39 is 36.1 Å². The summed E-state index contributed by atoms with van der Waals surface area (Å²) in [7, 11) is 0. The molecular weight excluding hydrogens is 490 g/mol. The van der Waals surface area contributed by atoms with Crippen LogP contribution in [0.4, 0.5) is 4.79 Å². The number of hydrogen-bond acceptors (Lipinski definition) is 7. The first-order valence-electron chi connectivity index (χ1n) is 12.7. The van der Waals surface area contributed by atoms with Gasteiger partial charge in [-0.15, -0.1) is 13.2 Å². The van der Waals surface area contributed by atoms with E-state index in [1.165, 1.54) is 6.08 Å². The molecular formula is C28H41N3O7. The number of alkyl carbamates (subject to hydrolysis) is 1. The van der Waals surface area contributed by atoms with Gasteiger partial charge >= 0.3 is 12.1 Å². The summed E-state index contributed by atoms with van der Waals surface area (Å²) in [6, 6.07) is 7.15. The fraction of sp³-hybridized carbons (Fsp3) is 0.500. The highest BCUT2D eigenvalue weighted by Crippen LogP contribution is 2.13. The normalized spacial score (nSPS) is 13.8. The van der Waals surface area contributed by atoms with E-state index in [1.54, 1.807) is 13.0 Å². The zero-order chi connectivity index (χ0) is 28.5. The molecule has 1 aromatic carbocycles. The van der Waals surface area contributed by atoms with Gasteiger partial charge in [-0.3, -0.25) is 9.59 Å². The van der Waals surface area contributed by atoms with Gasteiger partial charge in [0.2, 0.25) is 11.8 Å². The maximum absolute atomic E-state index is 12.9. The number of carbonyl (C=O) groups is 4. The molecule has 0 saturated heterocycles. The number of nitrogens with one attached hydrogen (secondary N) is 3. The van der Waals surface area contributed by atoms with Gasteiger partial charge in [0.1, 0.15) is 19.3 Å². The van der Waals surface area contributed by atoms with Crippen molar-refractivity contribution in [3.63, 3.8) is 0 Å². The van der Waals surface area contributed by atoms with E-state index in [0.29, 0.717) is 0 Å². The van der Waals surface area contributed by atoms with Gasteiger partial charge in [-0.25, -0.2) is 9.59 Å². The lowest BCUT2D eigenvalue weighted by atomic mass is 9.97. The second-order valence-corrected chi connectivity index (χ2v) is 9.35. The van der Waals surface area contributed by atoms with E-state index >= 15 is 0 Å². The molecule has 10 nitrogen and oxygen atoms in total. The van der Waals surface area contributed by atoms with Crippen molar-refractivity contribution in [2.45, 2.75) is 64.8 Å². The molecule has 0 fully saturated rings. The van der Waals surface area contributed by atoms with Gasteiger partial charge in [-0.1, -0.05) is 56.3 Å². The minimum absolute atomic E-state index is 0.0484. The average Bonchev–Trinajstić information content (AvgIpc) is 2.89. The summed E-state index contributed by atoms with van der Waals surface area (Å²) < 4.78 is 10.6. The minimum Gasteiger partial charge on any atom is -0.462 e. The molecule has 38 heavy (non-hydrogen) atoms. The number of allylic oxidation sites excluding steroid dienone is 1. The van der Waals surface area contributed by atoms with Crippen LogP contribution in [0.3, 0.4) is 0 Å². The molecule has 3 amide bonds. The second-order valence-electron chi connectivity index (χ2n) is 9.35. The van der Waals surface area contributed by atoms with Crippen molar-refractivity contribution in [2.24, 2.45) is 11.8 Å². The predicted octanol–water partition coefficient (Wildman–Crippen LogP) is 2.62. The van der Waals surface area contributed by atoms with E-state index in [-0.39, 0.29) is 56.8 Å². The Labute approximate surface area is 224 Å². The van der Waals surface area contributed by atoms with Crippen molar-refractivity contribution in [3.05, 3.63) is 61.2 Å². The Kier molecular flexibility index (Phi) is 15.1. The quantitative estimate of drug-likeness (QED) is 0.179. The van der Waals surface area contributed by atoms with Crippen molar-refractivity contribution in [2.75, 3.05) is 13.2 Å². The van der Waals surface area contributed by atoms with Crippen LogP contribution in [0.1, 0.15) is 45.6 Å². The Morgan fingerprint density at radius 2 is 1.61 bits per heavy atom. The number of amides is 3. The molecule has 1 aromatic rings. The SMILES string of the molecule is C=CC[C@H](CC(=O)N[C@@H](C)CO)C(=O)N[C@H](COC(=O)[C@@H](CC=C)NC(=O)OCc1ccccc1)C(C)C. The van der Waals surface area contributed by atoms with Crippen LogP contribution < -0.4 is 16.0 Å². The maximum Gasteiger partial charge on any atom is 0.408 e. The van der Waals surface area contributed by atoms with Crippen LogP contribution in [0.2, 0.25) is 0 Å². The molecule has 0 spiro atoms. The van der Waals surface area contributed by atoms with E-state index in [9.17, 15) is 19.2 Å². The van der Waals surface area contributed by atoms with Crippen LogP contribution in [0.15, 0.2) is 55.6 Å². The minimum atomic E-state index is -1.01.